The van der Waals surface area contributed by atoms with Crippen molar-refractivity contribution < 1.29 is 27.1 Å². The van der Waals surface area contributed by atoms with Gasteiger partial charge in [0.15, 0.2) is 6.61 Å². The summed E-state index contributed by atoms with van der Waals surface area (Å²) in [6.45, 7) is 0.595. The molecule has 1 amide bonds. The fourth-order valence-electron chi connectivity index (χ4n) is 3.00. The lowest BCUT2D eigenvalue weighted by Gasteiger charge is -2.10. The molecule has 3 aromatic carbocycles. The number of amides is 1. The Hall–Kier alpha value is -4.14. The van der Waals surface area contributed by atoms with Gasteiger partial charge in [0.25, 0.3) is 5.91 Å². The van der Waals surface area contributed by atoms with Gasteiger partial charge in [0.05, 0.1) is 0 Å². The van der Waals surface area contributed by atoms with Gasteiger partial charge < -0.3 is 14.5 Å². The molecule has 0 atom stereocenters. The van der Waals surface area contributed by atoms with E-state index in [0.717, 1.165) is 11.1 Å². The number of carbonyl (C=O) groups excluding carboxylic acids is 1. The molecule has 0 aliphatic rings. The van der Waals surface area contributed by atoms with Crippen LogP contribution in [-0.4, -0.2) is 28.9 Å². The Morgan fingerprint density at radius 2 is 1.61 bits per heavy atom. The Kier molecular flexibility index (Phi) is 6.12. The van der Waals surface area contributed by atoms with Crippen LogP contribution in [0.1, 0.15) is 15.9 Å². The Labute approximate surface area is 187 Å². The molecule has 9 heteroatoms. The Morgan fingerprint density at radius 3 is 2.24 bits per heavy atom. The largest absolute Gasteiger partial charge is 0.484 e. The van der Waals surface area contributed by atoms with Crippen LogP contribution in [-0.2, 0) is 0 Å². The first-order valence-corrected chi connectivity index (χ1v) is 9.89. The third kappa shape index (κ3) is 5.76. The Bertz CT molecular complexity index is 1250. The fraction of sp³-hybridized carbons (Fsp3) is 0.125. The van der Waals surface area contributed by atoms with Crippen molar-refractivity contribution in [2.75, 3.05) is 11.9 Å². The maximum absolute atomic E-state index is 12.5. The highest BCUT2D eigenvalue weighted by atomic mass is 19.4. The topological polar surface area (TPSA) is 77.2 Å². The lowest BCUT2D eigenvalue weighted by molar-refractivity contribution is -0.153. The molecule has 1 heterocycles. The van der Waals surface area contributed by atoms with Crippen LogP contribution >= 0.6 is 0 Å². The average Bonchev–Trinajstić information content (AvgIpc) is 3.29. The van der Waals surface area contributed by atoms with E-state index in [1.165, 1.54) is 24.3 Å². The van der Waals surface area contributed by atoms with Gasteiger partial charge in [-0.25, -0.2) is 0 Å². The van der Waals surface area contributed by atoms with E-state index < -0.39 is 12.8 Å². The van der Waals surface area contributed by atoms with Gasteiger partial charge in [-0.15, -0.1) is 10.2 Å². The predicted octanol–water partition coefficient (Wildman–Crippen LogP) is 5.91. The number of carbonyl (C=O) groups is 1. The minimum atomic E-state index is -4.41. The molecular weight excluding hydrogens is 435 g/mol. The van der Waals surface area contributed by atoms with Crippen molar-refractivity contribution in [3.8, 4) is 28.7 Å². The maximum Gasteiger partial charge on any atom is 0.422 e. The molecule has 4 rings (SSSR count). The van der Waals surface area contributed by atoms with E-state index in [4.69, 9.17) is 4.42 Å². The zero-order valence-electron chi connectivity index (χ0n) is 17.4. The molecule has 0 radical (unpaired) electrons. The van der Waals surface area contributed by atoms with Crippen LogP contribution in [0.2, 0.25) is 0 Å². The van der Waals surface area contributed by atoms with Crippen molar-refractivity contribution in [3.05, 3.63) is 83.9 Å². The summed E-state index contributed by atoms with van der Waals surface area (Å²) in [6, 6.07) is 19.9. The second-order valence-corrected chi connectivity index (χ2v) is 7.24. The number of nitrogens with zero attached hydrogens (tertiary/aromatic N) is 2. The third-order valence-electron chi connectivity index (χ3n) is 4.60. The molecule has 0 aliphatic heterocycles. The summed E-state index contributed by atoms with van der Waals surface area (Å²) in [6.07, 6.45) is -4.41. The van der Waals surface area contributed by atoms with Gasteiger partial charge in [-0.3, -0.25) is 4.79 Å². The molecule has 0 unspecified atom stereocenters. The second-order valence-electron chi connectivity index (χ2n) is 7.24. The van der Waals surface area contributed by atoms with Crippen LogP contribution in [0.15, 0.2) is 77.2 Å². The van der Waals surface area contributed by atoms with Crippen LogP contribution < -0.4 is 10.1 Å². The van der Waals surface area contributed by atoms with E-state index in [0.29, 0.717) is 28.6 Å². The van der Waals surface area contributed by atoms with Crippen LogP contribution in [0, 0.1) is 6.92 Å². The van der Waals surface area contributed by atoms with E-state index in [1.54, 1.807) is 24.3 Å². The van der Waals surface area contributed by atoms with Crippen LogP contribution in [0.25, 0.3) is 22.9 Å². The molecule has 1 N–H and O–H groups in total. The van der Waals surface area contributed by atoms with Crippen LogP contribution in [0.4, 0.5) is 18.9 Å². The lowest BCUT2D eigenvalue weighted by Crippen LogP contribution is -2.19. The second kappa shape index (κ2) is 9.15. The van der Waals surface area contributed by atoms with Crippen molar-refractivity contribution in [1.82, 2.24) is 10.2 Å². The van der Waals surface area contributed by atoms with Crippen LogP contribution in [0.5, 0.6) is 5.75 Å². The number of hydrogen-bond donors (Lipinski definition) is 1. The number of ether oxygens (including phenoxy) is 1. The number of halogens is 3. The first-order chi connectivity index (χ1) is 15.8. The van der Waals surface area contributed by atoms with Crippen molar-refractivity contribution in [1.29, 1.82) is 0 Å². The minimum Gasteiger partial charge on any atom is -0.484 e. The zero-order valence-corrected chi connectivity index (χ0v) is 17.4. The van der Waals surface area contributed by atoms with Crippen molar-refractivity contribution >= 4 is 11.6 Å². The van der Waals surface area contributed by atoms with E-state index in [-0.39, 0.29) is 11.7 Å². The number of anilines is 1. The van der Waals surface area contributed by atoms with E-state index in [1.807, 2.05) is 31.2 Å². The van der Waals surface area contributed by atoms with E-state index >= 15 is 0 Å². The van der Waals surface area contributed by atoms with Gasteiger partial charge in [0.2, 0.25) is 11.8 Å². The fourth-order valence-corrected chi connectivity index (χ4v) is 3.00. The quantitative estimate of drug-likeness (QED) is 0.393. The average molecular weight is 453 g/mol. The molecule has 6 nitrogen and oxygen atoms in total. The number of aryl methyl sites for hydroxylation is 1. The third-order valence-corrected chi connectivity index (χ3v) is 4.60. The van der Waals surface area contributed by atoms with Gasteiger partial charge in [0, 0.05) is 22.4 Å². The Balaban J connectivity index is 1.40. The van der Waals surface area contributed by atoms with Gasteiger partial charge >= 0.3 is 6.18 Å². The molecule has 0 saturated carbocycles. The molecule has 168 valence electrons. The minimum absolute atomic E-state index is 0.0549. The number of benzene rings is 3. The molecule has 0 fully saturated rings. The molecular formula is C24H18F3N3O3. The normalized spacial score (nSPS) is 11.3. The van der Waals surface area contributed by atoms with Crippen molar-refractivity contribution in [3.63, 3.8) is 0 Å². The number of aromatic nitrogens is 2. The SMILES string of the molecule is Cc1cccc(-c2nnc(-c3ccc(C(=O)Nc4ccc(OCC(F)(F)F)cc4)cc3)o2)c1. The monoisotopic (exact) mass is 453 g/mol. The van der Waals surface area contributed by atoms with Gasteiger partial charge in [-0.1, -0.05) is 17.7 Å². The molecule has 0 aliphatic carbocycles. The predicted molar refractivity (Wildman–Crippen MR) is 116 cm³/mol. The summed E-state index contributed by atoms with van der Waals surface area (Å²) < 4.78 is 47.0. The highest BCUT2D eigenvalue weighted by molar-refractivity contribution is 6.04. The zero-order chi connectivity index (χ0) is 23.4. The smallest absolute Gasteiger partial charge is 0.422 e. The molecule has 0 saturated heterocycles. The van der Waals surface area contributed by atoms with Crippen molar-refractivity contribution in [2.45, 2.75) is 13.1 Å². The number of nitrogens with one attached hydrogen (secondary N) is 1. The molecule has 0 spiro atoms. The summed E-state index contributed by atoms with van der Waals surface area (Å²) in [5.41, 5.74) is 3.35. The highest BCUT2D eigenvalue weighted by Crippen LogP contribution is 2.25. The summed E-state index contributed by atoms with van der Waals surface area (Å²) in [4.78, 5) is 12.5. The highest BCUT2D eigenvalue weighted by Gasteiger charge is 2.28. The lowest BCUT2D eigenvalue weighted by atomic mass is 10.1. The van der Waals surface area contributed by atoms with Crippen molar-refractivity contribution in [2.24, 2.45) is 0 Å². The maximum atomic E-state index is 12.5. The molecule has 1 aromatic heterocycles. The standard InChI is InChI=1S/C24H18F3N3O3/c1-15-3-2-4-18(13-15)23-30-29-22(33-23)17-7-5-16(6-8-17)21(31)28-19-9-11-20(12-10-19)32-14-24(25,26)27/h2-13H,14H2,1H3,(H,28,31). The number of rotatable bonds is 6. The van der Waals surface area contributed by atoms with Gasteiger partial charge in [0.1, 0.15) is 5.75 Å². The summed E-state index contributed by atoms with van der Waals surface area (Å²) in [5.74, 6) is 0.404. The van der Waals surface area contributed by atoms with E-state index in [2.05, 4.69) is 20.3 Å². The number of hydrogen-bond acceptors (Lipinski definition) is 5. The first-order valence-electron chi connectivity index (χ1n) is 9.89. The Morgan fingerprint density at radius 1 is 0.939 bits per heavy atom. The van der Waals surface area contributed by atoms with E-state index in [9.17, 15) is 18.0 Å². The van der Waals surface area contributed by atoms with Gasteiger partial charge in [-0.05, 0) is 67.6 Å². The first kappa shape index (κ1) is 22.1. The summed E-state index contributed by atoms with van der Waals surface area (Å²) in [7, 11) is 0. The molecule has 33 heavy (non-hydrogen) atoms. The molecule has 0 bridgehead atoms. The van der Waals surface area contributed by atoms with Crippen LogP contribution in [0.3, 0.4) is 0 Å². The summed E-state index contributed by atoms with van der Waals surface area (Å²) in [5, 5.41) is 10.8. The number of alkyl halides is 3. The molecule has 4 aromatic rings. The van der Waals surface area contributed by atoms with Gasteiger partial charge in [-0.2, -0.15) is 13.2 Å². The summed E-state index contributed by atoms with van der Waals surface area (Å²) >= 11 is 0.